The van der Waals surface area contributed by atoms with E-state index in [4.69, 9.17) is 6.42 Å². The average Bonchev–Trinajstić information content (AvgIpc) is 1.69. The van der Waals surface area contributed by atoms with Gasteiger partial charge in [0.2, 0.25) is 0 Å². The van der Waals surface area contributed by atoms with Crippen LogP contribution in [0.1, 0.15) is 6.92 Å². The Hall–Kier alpha value is -1.14. The fourth-order valence-corrected chi connectivity index (χ4v) is 0.167. The third-order valence-corrected chi connectivity index (χ3v) is 0.394. The molecular formula is C7H6. The summed E-state index contributed by atoms with van der Waals surface area (Å²) < 4.78 is 0. The fourth-order valence-electron chi connectivity index (χ4n) is 0.167. The molecule has 0 atom stereocenters. The highest BCUT2D eigenvalue weighted by Crippen LogP contribution is 1.61. The van der Waals surface area contributed by atoms with Crippen molar-refractivity contribution in [2.75, 3.05) is 0 Å². The van der Waals surface area contributed by atoms with Gasteiger partial charge in [-0.25, -0.2) is 0 Å². The molecule has 0 heteroatoms. The Morgan fingerprint density at radius 2 is 2.29 bits per heavy atom. The van der Waals surface area contributed by atoms with E-state index < -0.39 is 0 Å². The lowest BCUT2D eigenvalue weighted by atomic mass is 10.5. The first-order valence-corrected chi connectivity index (χ1v) is 1.99. The summed E-state index contributed by atoms with van der Waals surface area (Å²) in [4.78, 5) is 0. The minimum absolute atomic E-state index is 1.71. The first-order valence-electron chi connectivity index (χ1n) is 1.99. The Labute approximate surface area is 44.2 Å². The first kappa shape index (κ1) is 5.86. The number of rotatable bonds is 0. The molecule has 0 rings (SSSR count). The van der Waals surface area contributed by atoms with E-state index in [-0.39, 0.29) is 0 Å². The predicted molar refractivity (Wildman–Crippen MR) is 31.4 cm³/mol. The van der Waals surface area contributed by atoms with Crippen molar-refractivity contribution in [1.82, 2.24) is 0 Å². The molecule has 0 nitrogen and oxygen atoms in total. The Bertz CT molecular complexity index is 145. The Kier molecular flexibility index (Phi) is 4.07. The molecule has 0 N–H and O–H groups in total. The third kappa shape index (κ3) is 4.86. The van der Waals surface area contributed by atoms with E-state index in [0.29, 0.717) is 0 Å². The molecule has 0 saturated carbocycles. The van der Waals surface area contributed by atoms with Crippen molar-refractivity contribution in [3.05, 3.63) is 12.2 Å². The van der Waals surface area contributed by atoms with Gasteiger partial charge in [-0.05, 0) is 24.8 Å². The molecule has 0 bridgehead atoms. The van der Waals surface area contributed by atoms with E-state index in [1.165, 1.54) is 0 Å². The van der Waals surface area contributed by atoms with E-state index in [9.17, 15) is 0 Å². The van der Waals surface area contributed by atoms with Crippen molar-refractivity contribution in [3.8, 4) is 24.2 Å². The van der Waals surface area contributed by atoms with Gasteiger partial charge in [0.05, 0.1) is 0 Å². The highest BCUT2D eigenvalue weighted by atomic mass is 13.5. The Morgan fingerprint density at radius 3 is 2.71 bits per heavy atom. The molecular weight excluding hydrogens is 84.1 g/mol. The SMILES string of the molecule is C#CC#C/C=C\C. The molecule has 7 heavy (non-hydrogen) atoms. The molecule has 0 saturated heterocycles. The lowest BCUT2D eigenvalue weighted by Gasteiger charge is -1.56. The summed E-state index contributed by atoms with van der Waals surface area (Å²) in [5.41, 5.74) is 0. The van der Waals surface area contributed by atoms with Gasteiger partial charge in [0, 0.05) is 0 Å². The molecule has 34 valence electrons. The van der Waals surface area contributed by atoms with Crippen molar-refractivity contribution in [2.24, 2.45) is 0 Å². The van der Waals surface area contributed by atoms with Crippen LogP contribution in [-0.4, -0.2) is 0 Å². The third-order valence-electron chi connectivity index (χ3n) is 0.394. The summed E-state index contributed by atoms with van der Waals surface area (Å²) in [5.74, 6) is 7.25. The molecule has 0 heterocycles. The minimum atomic E-state index is 1.71. The molecule has 0 fully saturated rings. The molecule has 0 aliphatic heterocycles. The van der Waals surface area contributed by atoms with Crippen molar-refractivity contribution in [2.45, 2.75) is 6.92 Å². The number of hydrogen-bond donors (Lipinski definition) is 0. The lowest BCUT2D eigenvalue weighted by molar-refractivity contribution is 1.76. The summed E-state index contributed by atoms with van der Waals surface area (Å²) >= 11 is 0. The van der Waals surface area contributed by atoms with Crippen LogP contribution in [0, 0.1) is 24.2 Å². The van der Waals surface area contributed by atoms with Crippen LogP contribution >= 0.6 is 0 Å². The first-order chi connectivity index (χ1) is 3.41. The summed E-state index contributed by atoms with van der Waals surface area (Å²) in [5, 5.41) is 0. The van der Waals surface area contributed by atoms with Crippen molar-refractivity contribution in [3.63, 3.8) is 0 Å². The summed E-state index contributed by atoms with van der Waals surface area (Å²) in [7, 11) is 0. The standard InChI is InChI=1S/C7H6/c1-3-5-7-6-4-2/h1,4,6H,2H3/b6-4-. The van der Waals surface area contributed by atoms with Crippen LogP contribution in [0.4, 0.5) is 0 Å². The molecule has 0 aliphatic rings. The zero-order valence-electron chi connectivity index (χ0n) is 4.23. The van der Waals surface area contributed by atoms with Crippen LogP contribution in [0.3, 0.4) is 0 Å². The summed E-state index contributed by atoms with van der Waals surface area (Å²) in [6.45, 7) is 1.89. The second-order valence-electron chi connectivity index (χ2n) is 0.914. The maximum absolute atomic E-state index is 4.81. The van der Waals surface area contributed by atoms with Crippen LogP contribution in [-0.2, 0) is 0 Å². The lowest BCUT2D eigenvalue weighted by Crippen LogP contribution is -1.45. The van der Waals surface area contributed by atoms with Crippen molar-refractivity contribution >= 4 is 0 Å². The maximum Gasteiger partial charge on any atom is -0.0108 e. The van der Waals surface area contributed by atoms with E-state index in [1.807, 2.05) is 13.0 Å². The van der Waals surface area contributed by atoms with E-state index in [2.05, 4.69) is 17.8 Å². The second-order valence-corrected chi connectivity index (χ2v) is 0.914. The van der Waals surface area contributed by atoms with Gasteiger partial charge in [0.1, 0.15) is 0 Å². The molecule has 0 aromatic heterocycles. The summed E-state index contributed by atoms with van der Waals surface area (Å²) in [6, 6.07) is 0. The predicted octanol–water partition coefficient (Wildman–Crippen LogP) is 1.20. The molecule has 0 amide bonds. The zero-order chi connectivity index (χ0) is 5.54. The van der Waals surface area contributed by atoms with Crippen molar-refractivity contribution < 1.29 is 0 Å². The Balaban J connectivity index is 3.52. The minimum Gasteiger partial charge on any atom is -0.106 e. The van der Waals surface area contributed by atoms with Gasteiger partial charge in [0.15, 0.2) is 0 Å². The van der Waals surface area contributed by atoms with Gasteiger partial charge in [-0.3, -0.25) is 0 Å². The maximum atomic E-state index is 4.81. The van der Waals surface area contributed by atoms with Crippen LogP contribution in [0.15, 0.2) is 12.2 Å². The van der Waals surface area contributed by atoms with Gasteiger partial charge < -0.3 is 0 Å². The average molecular weight is 90.1 g/mol. The van der Waals surface area contributed by atoms with Crippen LogP contribution in [0.25, 0.3) is 0 Å². The Morgan fingerprint density at radius 1 is 1.57 bits per heavy atom. The van der Waals surface area contributed by atoms with Gasteiger partial charge in [0.25, 0.3) is 0 Å². The van der Waals surface area contributed by atoms with Crippen LogP contribution in [0.2, 0.25) is 0 Å². The quantitative estimate of drug-likeness (QED) is 0.392. The zero-order valence-corrected chi connectivity index (χ0v) is 4.23. The van der Waals surface area contributed by atoms with E-state index >= 15 is 0 Å². The van der Waals surface area contributed by atoms with Crippen LogP contribution in [0.5, 0.6) is 0 Å². The topological polar surface area (TPSA) is 0 Å². The largest absolute Gasteiger partial charge is 0.106 e. The fraction of sp³-hybridized carbons (Fsp3) is 0.143. The van der Waals surface area contributed by atoms with Gasteiger partial charge in [-0.15, -0.1) is 6.42 Å². The van der Waals surface area contributed by atoms with Crippen LogP contribution < -0.4 is 0 Å². The van der Waals surface area contributed by atoms with E-state index in [0.717, 1.165) is 0 Å². The molecule has 0 aromatic carbocycles. The summed E-state index contributed by atoms with van der Waals surface area (Å²) in [6.07, 6.45) is 8.36. The monoisotopic (exact) mass is 90.0 g/mol. The smallest absolute Gasteiger partial charge is 0.0108 e. The molecule has 0 unspecified atom stereocenters. The molecule has 0 aliphatic carbocycles. The van der Waals surface area contributed by atoms with Crippen molar-refractivity contribution in [1.29, 1.82) is 0 Å². The number of allylic oxidation sites excluding steroid dienone is 2. The normalized spacial score (nSPS) is 6.86. The number of hydrogen-bond acceptors (Lipinski definition) is 0. The van der Waals surface area contributed by atoms with Gasteiger partial charge in [-0.1, -0.05) is 12.0 Å². The van der Waals surface area contributed by atoms with Gasteiger partial charge >= 0.3 is 0 Å². The molecule has 0 aromatic rings. The molecule has 0 radical (unpaired) electrons. The second kappa shape index (κ2) is 4.86. The highest BCUT2D eigenvalue weighted by Gasteiger charge is 1.48. The van der Waals surface area contributed by atoms with E-state index in [1.54, 1.807) is 6.08 Å². The van der Waals surface area contributed by atoms with Gasteiger partial charge in [-0.2, -0.15) is 0 Å². The highest BCUT2D eigenvalue weighted by molar-refractivity contribution is 5.27. The molecule has 0 spiro atoms. The number of terminal acetylenes is 1.